The van der Waals surface area contributed by atoms with Gasteiger partial charge in [0.05, 0.1) is 11.6 Å². The number of fused-ring (bicyclic) bond motifs is 1. The van der Waals surface area contributed by atoms with Crippen LogP contribution in [0, 0.1) is 11.3 Å². The number of benzene rings is 1. The molecule has 1 aliphatic carbocycles. The predicted molar refractivity (Wildman–Crippen MR) is 68.1 cm³/mol. The van der Waals surface area contributed by atoms with Crippen molar-refractivity contribution in [3.63, 3.8) is 0 Å². The first-order valence-corrected chi connectivity index (χ1v) is 5.45. The average molecular weight is 220 g/mol. The van der Waals surface area contributed by atoms with Crippen LogP contribution in [0.4, 0.5) is 0 Å². The Hall–Kier alpha value is -2.40. The van der Waals surface area contributed by atoms with E-state index in [0.717, 1.165) is 12.0 Å². The lowest BCUT2D eigenvalue weighted by molar-refractivity contribution is 1.30. The average Bonchev–Trinajstić information content (AvgIpc) is 2.88. The summed E-state index contributed by atoms with van der Waals surface area (Å²) in [5.74, 6) is 0. The molecule has 0 bridgehead atoms. The molecule has 0 spiro atoms. The summed E-state index contributed by atoms with van der Waals surface area (Å²) < 4.78 is 0. The molecule has 0 radical (unpaired) electrons. The molecule has 1 aromatic carbocycles. The fourth-order valence-electron chi connectivity index (χ4n) is 1.64. The third-order valence-corrected chi connectivity index (χ3v) is 2.47. The molecule has 1 aromatic heterocycles. The van der Waals surface area contributed by atoms with Gasteiger partial charge in [-0.05, 0) is 41.8 Å². The van der Waals surface area contributed by atoms with Crippen molar-refractivity contribution in [2.75, 3.05) is 0 Å². The van der Waals surface area contributed by atoms with Crippen LogP contribution >= 0.6 is 0 Å². The molecule has 0 atom stereocenters. The van der Waals surface area contributed by atoms with Crippen molar-refractivity contribution < 1.29 is 0 Å². The summed E-state index contributed by atoms with van der Waals surface area (Å²) in [5, 5.41) is 8.60. The van der Waals surface area contributed by atoms with Gasteiger partial charge < -0.3 is 0 Å². The Labute approximate surface area is 101 Å². The van der Waals surface area contributed by atoms with Crippen LogP contribution in [0.1, 0.15) is 16.7 Å². The summed E-state index contributed by atoms with van der Waals surface area (Å²) in [6.07, 6.45) is 8.69. The Kier molecular flexibility index (Phi) is 3.67. The van der Waals surface area contributed by atoms with Crippen LogP contribution in [0.3, 0.4) is 0 Å². The summed E-state index contributed by atoms with van der Waals surface area (Å²) in [7, 11) is 0. The van der Waals surface area contributed by atoms with Crippen molar-refractivity contribution in [1.82, 2.24) is 4.98 Å². The van der Waals surface area contributed by atoms with Crippen molar-refractivity contribution in [2.45, 2.75) is 6.42 Å². The normalized spacial score (nSPS) is 11.0. The van der Waals surface area contributed by atoms with E-state index < -0.39 is 0 Å². The second-order valence-corrected chi connectivity index (χ2v) is 3.66. The third kappa shape index (κ3) is 3.02. The number of pyridine rings is 1. The Balaban J connectivity index is 0.000000153. The monoisotopic (exact) mass is 220 g/mol. The molecule has 2 nitrogen and oxygen atoms in total. The summed E-state index contributed by atoms with van der Waals surface area (Å²) in [4.78, 5) is 3.78. The van der Waals surface area contributed by atoms with Crippen molar-refractivity contribution in [3.05, 3.63) is 71.6 Å². The van der Waals surface area contributed by atoms with Gasteiger partial charge in [0, 0.05) is 12.4 Å². The van der Waals surface area contributed by atoms with E-state index in [2.05, 4.69) is 23.2 Å². The number of nitrogens with zero attached hydrogens (tertiary/aromatic N) is 2. The Bertz CT molecular complexity index is 524. The van der Waals surface area contributed by atoms with Gasteiger partial charge in [0.25, 0.3) is 0 Å². The van der Waals surface area contributed by atoms with E-state index in [4.69, 9.17) is 5.26 Å². The zero-order valence-electron chi connectivity index (χ0n) is 9.38. The van der Waals surface area contributed by atoms with Crippen LogP contribution in [-0.2, 0) is 6.42 Å². The smallest absolute Gasteiger partial charge is 0.0991 e. The number of hydrogen-bond acceptors (Lipinski definition) is 2. The SMILES string of the molecule is N#Cc1ccc2c(c1)CC=C2.c1ccncc1. The van der Waals surface area contributed by atoms with Crippen molar-refractivity contribution in [3.8, 4) is 6.07 Å². The van der Waals surface area contributed by atoms with E-state index in [1.165, 1.54) is 11.1 Å². The second kappa shape index (κ2) is 5.62. The fourth-order valence-corrected chi connectivity index (χ4v) is 1.64. The topological polar surface area (TPSA) is 36.7 Å². The quantitative estimate of drug-likeness (QED) is 0.683. The molecule has 2 heteroatoms. The summed E-state index contributed by atoms with van der Waals surface area (Å²) in [5.41, 5.74) is 3.28. The highest BCUT2D eigenvalue weighted by molar-refractivity contribution is 5.61. The van der Waals surface area contributed by atoms with Crippen LogP contribution in [-0.4, -0.2) is 4.98 Å². The number of rotatable bonds is 0. The molecule has 0 saturated carbocycles. The number of allylic oxidation sites excluding steroid dienone is 1. The molecule has 82 valence electrons. The van der Waals surface area contributed by atoms with E-state index in [0.29, 0.717) is 0 Å². The van der Waals surface area contributed by atoms with Crippen molar-refractivity contribution in [1.29, 1.82) is 5.26 Å². The van der Waals surface area contributed by atoms with Crippen LogP contribution in [0.15, 0.2) is 54.9 Å². The molecule has 0 unspecified atom stereocenters. The standard InChI is InChI=1S/C10H7N.C5H5N/c11-7-8-4-5-9-2-1-3-10(9)6-8;1-2-4-6-5-3-1/h1-2,4-6H,3H2;1-5H. The minimum atomic E-state index is 0.757. The number of aromatic nitrogens is 1. The summed E-state index contributed by atoms with van der Waals surface area (Å²) in [6.45, 7) is 0. The molecule has 0 N–H and O–H groups in total. The molecule has 1 aliphatic rings. The van der Waals surface area contributed by atoms with Crippen LogP contribution in [0.5, 0.6) is 0 Å². The molecule has 0 saturated heterocycles. The molecule has 0 amide bonds. The van der Waals surface area contributed by atoms with Gasteiger partial charge in [-0.3, -0.25) is 4.98 Å². The zero-order chi connectivity index (χ0) is 11.9. The van der Waals surface area contributed by atoms with Gasteiger partial charge >= 0.3 is 0 Å². The highest BCUT2D eigenvalue weighted by Crippen LogP contribution is 2.19. The largest absolute Gasteiger partial charge is 0.265 e. The van der Waals surface area contributed by atoms with Gasteiger partial charge in [-0.25, -0.2) is 0 Å². The van der Waals surface area contributed by atoms with E-state index in [1.54, 1.807) is 12.4 Å². The molecule has 1 heterocycles. The first-order chi connectivity index (χ1) is 8.40. The summed E-state index contributed by atoms with van der Waals surface area (Å²) >= 11 is 0. The predicted octanol–water partition coefficient (Wildman–Crippen LogP) is 3.21. The molecule has 0 aliphatic heterocycles. The minimum Gasteiger partial charge on any atom is -0.265 e. The Morgan fingerprint density at radius 1 is 1.12 bits per heavy atom. The van der Waals surface area contributed by atoms with Gasteiger partial charge in [0.15, 0.2) is 0 Å². The maximum Gasteiger partial charge on any atom is 0.0991 e. The van der Waals surface area contributed by atoms with Gasteiger partial charge in [-0.2, -0.15) is 5.26 Å². The Morgan fingerprint density at radius 2 is 1.94 bits per heavy atom. The molecule has 3 rings (SSSR count). The lowest BCUT2D eigenvalue weighted by Gasteiger charge is -1.96. The third-order valence-electron chi connectivity index (χ3n) is 2.47. The fraction of sp³-hybridized carbons (Fsp3) is 0.0667. The first-order valence-electron chi connectivity index (χ1n) is 5.45. The maximum absolute atomic E-state index is 8.60. The van der Waals surface area contributed by atoms with Gasteiger partial charge in [0.2, 0.25) is 0 Å². The molecule has 17 heavy (non-hydrogen) atoms. The molecular formula is C15H12N2. The van der Waals surface area contributed by atoms with E-state index in [1.807, 2.05) is 36.4 Å². The van der Waals surface area contributed by atoms with Crippen LogP contribution in [0.2, 0.25) is 0 Å². The number of nitriles is 1. The van der Waals surface area contributed by atoms with Crippen molar-refractivity contribution >= 4 is 6.08 Å². The van der Waals surface area contributed by atoms with Crippen molar-refractivity contribution in [2.24, 2.45) is 0 Å². The van der Waals surface area contributed by atoms with Gasteiger partial charge in [-0.1, -0.05) is 24.3 Å². The van der Waals surface area contributed by atoms with Crippen LogP contribution in [0.25, 0.3) is 6.08 Å². The second-order valence-electron chi connectivity index (χ2n) is 3.66. The zero-order valence-corrected chi connectivity index (χ0v) is 9.38. The lowest BCUT2D eigenvalue weighted by Crippen LogP contribution is -1.82. The number of hydrogen-bond donors (Lipinski definition) is 0. The Morgan fingerprint density at radius 3 is 2.53 bits per heavy atom. The van der Waals surface area contributed by atoms with Gasteiger partial charge in [0.1, 0.15) is 0 Å². The van der Waals surface area contributed by atoms with Gasteiger partial charge in [-0.15, -0.1) is 0 Å². The molecule has 2 aromatic rings. The van der Waals surface area contributed by atoms with E-state index >= 15 is 0 Å². The van der Waals surface area contributed by atoms with Crippen LogP contribution < -0.4 is 0 Å². The molecular weight excluding hydrogens is 208 g/mol. The maximum atomic E-state index is 8.60. The lowest BCUT2D eigenvalue weighted by atomic mass is 10.1. The highest BCUT2D eigenvalue weighted by atomic mass is 14.6. The van der Waals surface area contributed by atoms with E-state index in [9.17, 15) is 0 Å². The first kappa shape index (κ1) is 11.1. The molecule has 0 fully saturated rings. The summed E-state index contributed by atoms with van der Waals surface area (Å²) in [6, 6.07) is 13.7. The minimum absolute atomic E-state index is 0.757. The van der Waals surface area contributed by atoms with E-state index in [-0.39, 0.29) is 0 Å². The highest BCUT2D eigenvalue weighted by Gasteiger charge is 2.04.